The van der Waals surface area contributed by atoms with Crippen molar-refractivity contribution in [2.24, 2.45) is 0 Å². The van der Waals surface area contributed by atoms with Gasteiger partial charge >= 0.3 is 177 Å². The van der Waals surface area contributed by atoms with Gasteiger partial charge in [0.15, 0.2) is 0 Å². The summed E-state index contributed by atoms with van der Waals surface area (Å²) >= 11 is 0.475. The van der Waals surface area contributed by atoms with Gasteiger partial charge < -0.3 is 81.8 Å². The molecule has 2 unspecified atom stereocenters. The van der Waals surface area contributed by atoms with Gasteiger partial charge in [0.05, 0.1) is 41.6 Å². The van der Waals surface area contributed by atoms with E-state index in [1.807, 2.05) is 0 Å². The molecule has 2 heterocycles. The van der Waals surface area contributed by atoms with Crippen molar-refractivity contribution in [3.63, 3.8) is 0 Å². The number of carbonyl (C=O) groups excluding carboxylic acids is 2. The van der Waals surface area contributed by atoms with Crippen molar-refractivity contribution in [3.05, 3.63) is 108 Å². The van der Waals surface area contributed by atoms with Crippen LogP contribution in [0.5, 0.6) is 0 Å². The van der Waals surface area contributed by atoms with Crippen LogP contribution in [0.25, 0.3) is 12.2 Å². The SMILES string of the molecule is O=C([O-])CC(CO[O-])Nc1nc(Nc2ccccc2)nc(Nc2ccc(/C=C/c3ccc(Nc4nc(Nc5ccccc5)nc(NC(CCO[O-])C(=O)[O-])n4)cc3S(=O)(=O)[O-])c(SOO[O-])c2)n1.[Na+].[Na+].[Na+].[Na+].[Na+].[Na+]. The summed E-state index contributed by atoms with van der Waals surface area (Å²) in [5.74, 6) is -3.89. The molecule has 4 aromatic carbocycles. The molecule has 6 N–H and O–H groups in total. The maximum Gasteiger partial charge on any atom is 1.00 e. The van der Waals surface area contributed by atoms with E-state index in [2.05, 4.69) is 81.0 Å². The van der Waals surface area contributed by atoms with Gasteiger partial charge in [-0.15, -0.1) is 0 Å². The molecule has 6 aromatic rings. The van der Waals surface area contributed by atoms with E-state index in [1.54, 1.807) is 60.7 Å². The second kappa shape index (κ2) is 37.3. The van der Waals surface area contributed by atoms with Crippen molar-refractivity contribution in [1.82, 2.24) is 29.9 Å². The van der Waals surface area contributed by atoms with Gasteiger partial charge in [0, 0.05) is 46.6 Å². The second-order valence-electron chi connectivity index (χ2n) is 13.7. The fraction of sp³-hybridized carbons (Fsp3) is 0.150. The molecular weight excluding hydrogens is 1070 g/mol. The number of rotatable bonds is 26. The van der Waals surface area contributed by atoms with Crippen LogP contribution in [0.1, 0.15) is 24.0 Å². The monoisotopic (exact) mass is 1110 g/mol. The summed E-state index contributed by atoms with van der Waals surface area (Å²) < 4.78 is 42.5. The minimum absolute atomic E-state index is 0. The largest absolute Gasteiger partial charge is 1.00 e. The van der Waals surface area contributed by atoms with Crippen molar-refractivity contribution in [3.8, 4) is 0 Å². The van der Waals surface area contributed by atoms with E-state index in [1.165, 1.54) is 42.5 Å². The Morgan fingerprint density at radius 2 is 1.05 bits per heavy atom. The Kier molecular flexibility index (Phi) is 36.4. The van der Waals surface area contributed by atoms with E-state index in [-0.39, 0.29) is 236 Å². The molecule has 0 saturated heterocycles. The Morgan fingerprint density at radius 1 is 0.595 bits per heavy atom. The number of aromatic nitrogens is 6. The van der Waals surface area contributed by atoms with Crippen molar-refractivity contribution in [2.45, 2.75) is 34.7 Å². The Labute approximate surface area is 559 Å². The van der Waals surface area contributed by atoms with Gasteiger partial charge in [-0.2, -0.15) is 34.2 Å². The Balaban J connectivity index is 0.00000888. The zero-order chi connectivity index (χ0) is 48.5. The van der Waals surface area contributed by atoms with Crippen LogP contribution in [0.3, 0.4) is 0 Å². The first kappa shape index (κ1) is 72.4. The van der Waals surface area contributed by atoms with Crippen LogP contribution in [-0.4, -0.2) is 80.1 Å². The van der Waals surface area contributed by atoms with Gasteiger partial charge in [0.25, 0.3) is 0 Å². The van der Waals surface area contributed by atoms with Crippen LogP contribution in [0.2, 0.25) is 0 Å². The van der Waals surface area contributed by atoms with E-state index in [0.29, 0.717) is 34.7 Å². The predicted molar refractivity (Wildman–Crippen MR) is 229 cm³/mol. The predicted octanol–water partition coefficient (Wildman–Crippen LogP) is -18.2. The zero-order valence-corrected chi connectivity index (χ0v) is 54.2. The van der Waals surface area contributed by atoms with E-state index in [0.717, 1.165) is 6.07 Å². The molecule has 0 amide bonds. The van der Waals surface area contributed by atoms with Crippen LogP contribution < -0.4 is 235 Å². The van der Waals surface area contributed by atoms with Crippen molar-refractivity contribution in [1.29, 1.82) is 0 Å². The maximum atomic E-state index is 12.6. The van der Waals surface area contributed by atoms with Gasteiger partial charge in [-0.1, -0.05) is 60.7 Å². The summed E-state index contributed by atoms with van der Waals surface area (Å²) in [5.41, 5.74) is 1.67. The fourth-order valence-corrected chi connectivity index (χ4v) is 7.08. The average molecular weight is 1110 g/mol. The number of hydrogen-bond donors (Lipinski definition) is 6. The number of carboxylic acids is 2. The number of aliphatic carboxylic acids is 2. The number of nitrogens with zero attached hydrogens (tertiary/aromatic N) is 6. The third-order valence-corrected chi connectivity index (χ3v) is 10.4. The van der Waals surface area contributed by atoms with Gasteiger partial charge in [-0.25, -0.2) is 8.42 Å². The van der Waals surface area contributed by atoms with E-state index in [4.69, 9.17) is 0 Å². The number of nitrogens with one attached hydrogen (secondary N) is 6. The smallest absolute Gasteiger partial charge is 0.744 e. The minimum atomic E-state index is -5.17. The number of anilines is 10. The molecule has 6 rings (SSSR count). The minimum Gasteiger partial charge on any atom is -0.744 e. The molecule has 2 aromatic heterocycles. The fourth-order valence-electron chi connectivity index (χ4n) is 5.87. The first-order valence-electron chi connectivity index (χ1n) is 19.5. The molecule has 0 aliphatic carbocycles. The normalized spacial score (nSPS) is 11.2. The number of carbonyl (C=O) groups is 2. The summed E-state index contributed by atoms with van der Waals surface area (Å²) in [6.07, 6.45) is 1.79. The molecule has 0 aliphatic rings. The van der Waals surface area contributed by atoms with Gasteiger partial charge in [-0.3, -0.25) is 5.04 Å². The van der Waals surface area contributed by atoms with Crippen LogP contribution >= 0.6 is 12.0 Å². The third kappa shape index (κ3) is 24.2. The Morgan fingerprint density at radius 3 is 1.51 bits per heavy atom. The van der Waals surface area contributed by atoms with Gasteiger partial charge in [-0.05, 0) is 66.1 Å². The molecule has 0 radical (unpaired) electrons. The number of benzene rings is 4. The van der Waals surface area contributed by atoms with E-state index >= 15 is 0 Å². The van der Waals surface area contributed by atoms with Crippen molar-refractivity contribution in [2.75, 3.05) is 45.1 Å². The van der Waals surface area contributed by atoms with Crippen LogP contribution in [0.4, 0.5) is 58.4 Å². The third-order valence-electron chi connectivity index (χ3n) is 8.83. The van der Waals surface area contributed by atoms with Gasteiger partial charge in [0.1, 0.15) is 10.1 Å². The Bertz CT molecular complexity index is 2830. The molecule has 0 spiro atoms. The summed E-state index contributed by atoms with van der Waals surface area (Å²) in [4.78, 5) is 55.8. The quantitative estimate of drug-likeness (QED) is 0.00733. The van der Waals surface area contributed by atoms with Crippen LogP contribution in [-0.2, 0) is 38.9 Å². The molecule has 2 atom stereocenters. The molecule has 0 fully saturated rings. The number of carboxylic acid groups (broad SMARTS) is 2. The summed E-state index contributed by atoms with van der Waals surface area (Å²) in [5, 5.41) is 75.9. The summed E-state index contributed by atoms with van der Waals surface area (Å²) in [6, 6.07) is 23.1. The Hall–Kier alpha value is -1.64. The molecule has 26 nitrogen and oxygen atoms in total. The molecule has 356 valence electrons. The first-order valence-corrected chi connectivity index (χ1v) is 21.6. The molecular formula is C40H34N12Na6O14S2. The number of para-hydroxylation sites is 2. The molecule has 0 bridgehead atoms. The van der Waals surface area contributed by atoms with Crippen molar-refractivity contribution >= 4 is 105 Å². The molecule has 0 saturated carbocycles. The van der Waals surface area contributed by atoms with Crippen LogP contribution in [0.15, 0.2) is 107 Å². The zero-order valence-electron chi connectivity index (χ0n) is 40.6. The van der Waals surface area contributed by atoms with Gasteiger partial charge in [0.2, 0.25) is 35.7 Å². The molecule has 74 heavy (non-hydrogen) atoms. The topological polar surface area (TPSA) is 393 Å². The second-order valence-corrected chi connectivity index (χ2v) is 15.8. The average Bonchev–Trinajstić information content (AvgIpc) is 3.29. The number of hydrogen-bond acceptors (Lipinski definition) is 27. The maximum absolute atomic E-state index is 12.6. The van der Waals surface area contributed by atoms with E-state index in [9.17, 15) is 48.5 Å². The first-order chi connectivity index (χ1) is 32.8. The molecule has 34 heteroatoms. The van der Waals surface area contributed by atoms with Crippen LogP contribution in [0, 0.1) is 0 Å². The summed E-state index contributed by atoms with van der Waals surface area (Å²) in [7, 11) is -5.17. The summed E-state index contributed by atoms with van der Waals surface area (Å²) in [6.45, 7) is -1.05. The standard InChI is InChI=1S/C40H40N12O14S2.6Na/c53-33(54)21-29(22-64-58)45-39-49-35(41-25-7-3-1-4-8-25)47-37(50-39)43-27-15-13-23(31(19-27)67-66-65-59)11-12-24-14-16-28(20-32(24)68(60,61)62)44-38-48-36(42-26-9-5-2-6-10-26)51-40(52-38)46-30(34(55)56)17-18-63-57;;;;;;/h1-16,19-20,29-30,57-59H,17-18,21-22H2,(H,53,54)(H,55,56)(H,60,61,62)(H3,41,43,45,47,49,50)(H3,42,44,46,48,51,52);;;;;;/q;6*+1/p-6/b12-11+;;;;;;. The van der Waals surface area contributed by atoms with E-state index < -0.39 is 58.7 Å². The molecule has 0 aliphatic heterocycles. The van der Waals surface area contributed by atoms with Crippen molar-refractivity contribution < 1.29 is 245 Å².